The van der Waals surface area contributed by atoms with E-state index < -0.39 is 5.82 Å². The summed E-state index contributed by atoms with van der Waals surface area (Å²) in [6.07, 6.45) is 3.91. The Morgan fingerprint density at radius 2 is 1.97 bits per heavy atom. The van der Waals surface area contributed by atoms with E-state index >= 15 is 0 Å². The number of carbonyl (C=O) groups excluding carboxylic acids is 1. The van der Waals surface area contributed by atoms with Crippen molar-refractivity contribution in [3.63, 3.8) is 0 Å². The van der Waals surface area contributed by atoms with Crippen molar-refractivity contribution in [1.29, 1.82) is 0 Å². The van der Waals surface area contributed by atoms with Gasteiger partial charge in [-0.15, -0.1) is 0 Å². The van der Waals surface area contributed by atoms with Crippen molar-refractivity contribution in [1.82, 2.24) is 19.2 Å². The molecule has 0 aliphatic carbocycles. The number of amides is 1. The lowest BCUT2D eigenvalue weighted by Gasteiger charge is -2.50. The quantitative estimate of drug-likeness (QED) is 0.646. The molecule has 31 heavy (non-hydrogen) atoms. The van der Waals surface area contributed by atoms with Gasteiger partial charge in [0, 0.05) is 43.5 Å². The molecule has 2 aromatic heterocycles. The van der Waals surface area contributed by atoms with Crippen molar-refractivity contribution >= 4 is 34.6 Å². The molecule has 9 heteroatoms. The molecule has 0 radical (unpaired) electrons. The number of aromatic amines is 1. The zero-order valence-electron chi connectivity index (χ0n) is 16.9. The summed E-state index contributed by atoms with van der Waals surface area (Å²) < 4.78 is 16.2. The normalized spacial score (nSPS) is 21.2. The van der Waals surface area contributed by atoms with Crippen LogP contribution in [0.5, 0.6) is 0 Å². The summed E-state index contributed by atoms with van der Waals surface area (Å²) in [5.74, 6) is -0.798. The van der Waals surface area contributed by atoms with E-state index in [2.05, 4.69) is 16.9 Å². The molecule has 1 amide bonds. The van der Waals surface area contributed by atoms with E-state index in [1.165, 1.54) is 12.1 Å². The molecule has 3 saturated heterocycles. The number of halogens is 3. The molecule has 2 unspecified atom stereocenters. The first-order valence-corrected chi connectivity index (χ1v) is 11.0. The number of piperidine rings is 2. The highest BCUT2D eigenvalue weighted by Gasteiger charge is 2.40. The van der Waals surface area contributed by atoms with Crippen LogP contribution in [0.4, 0.5) is 4.39 Å². The minimum Gasteiger partial charge on any atom is -0.333 e. The molecule has 5 heterocycles. The maximum absolute atomic E-state index is 14.7. The van der Waals surface area contributed by atoms with Gasteiger partial charge in [0.1, 0.15) is 16.5 Å². The molecule has 0 saturated carbocycles. The number of likely N-dealkylation sites (N-methyl/N-ethyl adjacent to an activating group) is 1. The van der Waals surface area contributed by atoms with Gasteiger partial charge in [-0.05, 0) is 43.7 Å². The highest BCUT2D eigenvalue weighted by atomic mass is 35.5. The molecule has 3 aliphatic rings. The van der Waals surface area contributed by atoms with E-state index in [1.54, 1.807) is 22.7 Å². The zero-order chi connectivity index (χ0) is 21.9. The summed E-state index contributed by atoms with van der Waals surface area (Å²) in [7, 11) is 2.07. The standard InChI is InChI=1S/C22H21Cl2FN4O2/c1-27-10-14-4-3-13(27)11-28(14)22(31)16-7-12(2-5-18(16)25)6-15-9-26-21(30)19-8-17(23)20(24)29(15)19/h2,5,7-9,13-14H,3-4,6,10-11H2,1H3,(H,26,30). The van der Waals surface area contributed by atoms with Crippen molar-refractivity contribution in [2.24, 2.45) is 0 Å². The zero-order valence-corrected chi connectivity index (χ0v) is 18.4. The third-order valence-electron chi connectivity index (χ3n) is 6.50. The average Bonchev–Trinajstić information content (AvgIpc) is 3.07. The smallest absolute Gasteiger partial charge is 0.272 e. The second kappa shape index (κ2) is 7.65. The number of aromatic nitrogens is 2. The first kappa shape index (κ1) is 20.5. The molecule has 2 bridgehead atoms. The lowest BCUT2D eigenvalue weighted by molar-refractivity contribution is -0.000360. The molecular formula is C22H21Cl2FN4O2. The maximum Gasteiger partial charge on any atom is 0.272 e. The molecule has 1 aromatic carbocycles. The van der Waals surface area contributed by atoms with Crippen LogP contribution in [0.1, 0.15) is 34.5 Å². The predicted molar refractivity (Wildman–Crippen MR) is 118 cm³/mol. The largest absolute Gasteiger partial charge is 0.333 e. The van der Waals surface area contributed by atoms with E-state index in [0.717, 1.165) is 24.9 Å². The van der Waals surface area contributed by atoms with E-state index in [0.29, 0.717) is 30.2 Å². The van der Waals surface area contributed by atoms with E-state index in [-0.39, 0.29) is 33.2 Å². The van der Waals surface area contributed by atoms with Gasteiger partial charge in [0.2, 0.25) is 0 Å². The summed E-state index contributed by atoms with van der Waals surface area (Å²) in [6.45, 7) is 1.45. The molecule has 6 nitrogen and oxygen atoms in total. The first-order chi connectivity index (χ1) is 14.8. The number of benzene rings is 1. The average molecular weight is 463 g/mol. The first-order valence-electron chi connectivity index (χ1n) is 10.2. The van der Waals surface area contributed by atoms with Gasteiger partial charge in [0.05, 0.1) is 10.6 Å². The lowest BCUT2D eigenvalue weighted by Crippen LogP contribution is -2.62. The number of hydrogen-bond donors (Lipinski definition) is 1. The van der Waals surface area contributed by atoms with Gasteiger partial charge in [-0.1, -0.05) is 29.3 Å². The van der Waals surface area contributed by atoms with Gasteiger partial charge in [0.15, 0.2) is 0 Å². The van der Waals surface area contributed by atoms with Crippen LogP contribution >= 0.6 is 23.2 Å². The number of carbonyl (C=O) groups is 1. The van der Waals surface area contributed by atoms with Crippen LogP contribution < -0.4 is 5.56 Å². The number of rotatable bonds is 3. The summed E-state index contributed by atoms with van der Waals surface area (Å²) in [4.78, 5) is 32.1. The molecule has 2 atom stereocenters. The van der Waals surface area contributed by atoms with Crippen molar-refractivity contribution in [3.8, 4) is 0 Å². The number of piperazine rings is 1. The molecule has 1 N–H and O–H groups in total. The van der Waals surface area contributed by atoms with Gasteiger partial charge in [-0.3, -0.25) is 18.9 Å². The number of hydrogen-bond acceptors (Lipinski definition) is 3. The Morgan fingerprint density at radius 1 is 1.19 bits per heavy atom. The number of fused-ring (bicyclic) bond motifs is 4. The summed E-state index contributed by atoms with van der Waals surface area (Å²) >= 11 is 12.4. The fourth-order valence-electron chi connectivity index (χ4n) is 4.82. The van der Waals surface area contributed by atoms with E-state index in [1.807, 2.05) is 4.90 Å². The number of H-pyrrole nitrogens is 1. The lowest BCUT2D eigenvalue weighted by atomic mass is 9.90. The third-order valence-corrected chi connectivity index (χ3v) is 7.26. The highest BCUT2D eigenvalue weighted by Crippen LogP contribution is 2.30. The minimum absolute atomic E-state index is 0.0741. The van der Waals surface area contributed by atoms with Crippen molar-refractivity contribution in [2.75, 3.05) is 20.1 Å². The van der Waals surface area contributed by atoms with Crippen LogP contribution in [0.25, 0.3) is 5.52 Å². The molecule has 162 valence electrons. The molecule has 6 rings (SSSR count). The SMILES string of the molecule is CN1CC2CCC1CN2C(=O)c1cc(Cc2c[nH]c(=O)c3cc(Cl)c(Cl)n23)ccc1F. The molecule has 3 aliphatic heterocycles. The van der Waals surface area contributed by atoms with Crippen LogP contribution in [-0.2, 0) is 6.42 Å². The Labute approximate surface area is 188 Å². The fourth-order valence-corrected chi connectivity index (χ4v) is 5.26. The molecule has 3 aromatic rings. The van der Waals surface area contributed by atoms with Crippen LogP contribution in [0, 0.1) is 5.82 Å². The van der Waals surface area contributed by atoms with Crippen molar-refractivity contribution in [3.05, 3.63) is 73.6 Å². The van der Waals surface area contributed by atoms with Crippen LogP contribution in [-0.4, -0.2) is 57.3 Å². The third kappa shape index (κ3) is 3.45. The summed E-state index contributed by atoms with van der Waals surface area (Å²) in [5, 5.41) is 0.518. The topological polar surface area (TPSA) is 60.8 Å². The van der Waals surface area contributed by atoms with Crippen LogP contribution in [0.3, 0.4) is 0 Å². The maximum atomic E-state index is 14.7. The Morgan fingerprint density at radius 3 is 2.68 bits per heavy atom. The molecular weight excluding hydrogens is 442 g/mol. The van der Waals surface area contributed by atoms with Gasteiger partial charge < -0.3 is 9.88 Å². The predicted octanol–water partition coefficient (Wildman–Crippen LogP) is 3.58. The van der Waals surface area contributed by atoms with Gasteiger partial charge in [0.25, 0.3) is 11.5 Å². The van der Waals surface area contributed by atoms with Crippen LogP contribution in [0.2, 0.25) is 10.2 Å². The van der Waals surface area contributed by atoms with E-state index in [4.69, 9.17) is 23.2 Å². The summed E-state index contributed by atoms with van der Waals surface area (Å²) in [5.41, 5.74) is 1.51. The molecule has 0 spiro atoms. The van der Waals surface area contributed by atoms with Gasteiger partial charge in [-0.25, -0.2) is 4.39 Å². The molecule has 3 fully saturated rings. The number of nitrogens with one attached hydrogen (secondary N) is 1. The Hall–Kier alpha value is -2.35. The Kier molecular flexibility index (Phi) is 5.07. The minimum atomic E-state index is -0.530. The second-order valence-electron chi connectivity index (χ2n) is 8.39. The van der Waals surface area contributed by atoms with E-state index in [9.17, 15) is 14.0 Å². The second-order valence-corrected chi connectivity index (χ2v) is 9.15. The number of nitrogens with zero attached hydrogens (tertiary/aromatic N) is 3. The highest BCUT2D eigenvalue weighted by molar-refractivity contribution is 6.42. The monoisotopic (exact) mass is 462 g/mol. The van der Waals surface area contributed by atoms with Crippen molar-refractivity contribution < 1.29 is 9.18 Å². The Bertz CT molecular complexity index is 1250. The van der Waals surface area contributed by atoms with Gasteiger partial charge in [-0.2, -0.15) is 0 Å². The van der Waals surface area contributed by atoms with Crippen molar-refractivity contribution in [2.45, 2.75) is 31.3 Å². The van der Waals surface area contributed by atoms with Gasteiger partial charge >= 0.3 is 0 Å². The summed E-state index contributed by atoms with van der Waals surface area (Å²) in [6, 6.07) is 6.51. The fraction of sp³-hybridized carbons (Fsp3) is 0.364. The van der Waals surface area contributed by atoms with Crippen LogP contribution in [0.15, 0.2) is 35.3 Å². The Balaban J connectivity index is 1.48.